The maximum absolute atomic E-state index is 13.2. The second kappa shape index (κ2) is 10.1. The molecule has 0 aromatic heterocycles. The molecule has 0 spiro atoms. The lowest BCUT2D eigenvalue weighted by Gasteiger charge is -2.35. The van der Waals surface area contributed by atoms with E-state index in [9.17, 15) is 14.4 Å². The molecule has 1 N–H and O–H groups in total. The largest absolute Gasteiger partial charge is 0.493 e. The zero-order valence-electron chi connectivity index (χ0n) is 17.1. The van der Waals surface area contributed by atoms with Crippen LogP contribution in [0.1, 0.15) is 50.9 Å². The minimum Gasteiger partial charge on any atom is -0.493 e. The molecule has 28 heavy (non-hydrogen) atoms. The summed E-state index contributed by atoms with van der Waals surface area (Å²) in [7, 11) is 0. The highest BCUT2D eigenvalue weighted by Gasteiger charge is 2.36. The Morgan fingerprint density at radius 1 is 1.21 bits per heavy atom. The van der Waals surface area contributed by atoms with Crippen molar-refractivity contribution in [3.05, 3.63) is 29.8 Å². The predicted octanol–water partition coefficient (Wildman–Crippen LogP) is 2.39. The van der Waals surface area contributed by atoms with E-state index in [4.69, 9.17) is 9.47 Å². The third-order valence-corrected chi connectivity index (χ3v) is 4.39. The zero-order chi connectivity index (χ0) is 20.7. The van der Waals surface area contributed by atoms with Crippen molar-refractivity contribution in [3.8, 4) is 5.75 Å². The first kappa shape index (κ1) is 21.7. The van der Waals surface area contributed by atoms with E-state index in [0.29, 0.717) is 36.9 Å². The summed E-state index contributed by atoms with van der Waals surface area (Å²) in [5.41, 5.74) is 0.392. The first-order valence-corrected chi connectivity index (χ1v) is 9.79. The van der Waals surface area contributed by atoms with Gasteiger partial charge in [0.05, 0.1) is 24.7 Å². The van der Waals surface area contributed by atoms with Crippen LogP contribution in [0.3, 0.4) is 0 Å². The van der Waals surface area contributed by atoms with Crippen LogP contribution in [0.25, 0.3) is 0 Å². The summed E-state index contributed by atoms with van der Waals surface area (Å²) in [6, 6.07) is 6.11. The summed E-state index contributed by atoms with van der Waals surface area (Å²) < 4.78 is 11.0. The van der Waals surface area contributed by atoms with Gasteiger partial charge in [-0.15, -0.1) is 0 Å². The van der Waals surface area contributed by atoms with Crippen molar-refractivity contribution >= 4 is 17.8 Å². The van der Waals surface area contributed by atoms with Gasteiger partial charge in [-0.2, -0.15) is 0 Å². The van der Waals surface area contributed by atoms with Crippen LogP contribution in [0.4, 0.5) is 0 Å². The fraction of sp³-hybridized carbons (Fsp3) is 0.571. The zero-order valence-corrected chi connectivity index (χ0v) is 17.1. The van der Waals surface area contributed by atoms with E-state index in [1.54, 1.807) is 32.0 Å². The fourth-order valence-corrected chi connectivity index (χ4v) is 2.96. The number of ether oxygens (including phenoxy) is 2. The smallest absolute Gasteiger partial charge is 0.308 e. The molecule has 7 nitrogen and oxygen atoms in total. The number of piperazine rings is 1. The number of carbonyl (C=O) groups excluding carboxylic acids is 3. The van der Waals surface area contributed by atoms with Crippen LogP contribution < -0.4 is 10.1 Å². The lowest BCUT2D eigenvalue weighted by Crippen LogP contribution is -2.58. The SMILES string of the molecule is CC(C)CCOc1ccccc1C(=O)N1CCNC(=O)[C@@H]1CC(=O)OC(C)C. The highest BCUT2D eigenvalue weighted by molar-refractivity contribution is 6.01. The Labute approximate surface area is 166 Å². The number of nitrogens with zero attached hydrogens (tertiary/aromatic N) is 1. The highest BCUT2D eigenvalue weighted by Crippen LogP contribution is 2.23. The second-order valence-corrected chi connectivity index (χ2v) is 7.58. The molecule has 0 aliphatic carbocycles. The molecule has 2 rings (SSSR count). The number of rotatable bonds is 8. The topological polar surface area (TPSA) is 84.9 Å². The normalized spacial score (nSPS) is 16.9. The van der Waals surface area contributed by atoms with Crippen LogP contribution in [0, 0.1) is 5.92 Å². The fourth-order valence-electron chi connectivity index (χ4n) is 2.96. The molecule has 0 radical (unpaired) electrons. The molecule has 1 aromatic carbocycles. The molecule has 1 aliphatic heterocycles. The Morgan fingerprint density at radius 3 is 2.61 bits per heavy atom. The summed E-state index contributed by atoms with van der Waals surface area (Å²) in [6.07, 6.45) is 0.420. The van der Waals surface area contributed by atoms with Crippen LogP contribution in [0.15, 0.2) is 24.3 Å². The maximum Gasteiger partial charge on any atom is 0.308 e. The van der Waals surface area contributed by atoms with Gasteiger partial charge in [0.2, 0.25) is 5.91 Å². The van der Waals surface area contributed by atoms with E-state index in [0.717, 1.165) is 6.42 Å². The van der Waals surface area contributed by atoms with Gasteiger partial charge in [-0.05, 0) is 38.3 Å². The first-order valence-electron chi connectivity index (χ1n) is 9.79. The first-order chi connectivity index (χ1) is 13.3. The summed E-state index contributed by atoms with van der Waals surface area (Å²) in [6.45, 7) is 8.87. The van der Waals surface area contributed by atoms with Gasteiger partial charge in [-0.3, -0.25) is 14.4 Å². The van der Waals surface area contributed by atoms with Gasteiger partial charge in [0.25, 0.3) is 5.91 Å². The minimum absolute atomic E-state index is 0.174. The lowest BCUT2D eigenvalue weighted by molar-refractivity contribution is -0.151. The van der Waals surface area contributed by atoms with Crippen LogP contribution in [0.2, 0.25) is 0 Å². The van der Waals surface area contributed by atoms with Crippen molar-refractivity contribution in [1.82, 2.24) is 10.2 Å². The van der Waals surface area contributed by atoms with Gasteiger partial charge < -0.3 is 19.7 Å². The van der Waals surface area contributed by atoms with Gasteiger partial charge in [-0.25, -0.2) is 0 Å². The monoisotopic (exact) mass is 390 g/mol. The van der Waals surface area contributed by atoms with Crippen LogP contribution in [0.5, 0.6) is 5.75 Å². The second-order valence-electron chi connectivity index (χ2n) is 7.58. The number of para-hydroxylation sites is 1. The molecule has 1 atom stereocenters. The van der Waals surface area contributed by atoms with Crippen LogP contribution in [-0.4, -0.2) is 54.5 Å². The lowest BCUT2D eigenvalue weighted by atomic mass is 10.1. The maximum atomic E-state index is 13.2. The van der Waals surface area contributed by atoms with Gasteiger partial charge in [0.15, 0.2) is 0 Å². The van der Waals surface area contributed by atoms with Gasteiger partial charge in [0.1, 0.15) is 11.8 Å². The molecule has 0 unspecified atom stereocenters. The van der Waals surface area contributed by atoms with Crippen molar-refractivity contribution in [1.29, 1.82) is 0 Å². The average molecular weight is 390 g/mol. The summed E-state index contributed by atoms with van der Waals surface area (Å²) in [4.78, 5) is 39.1. The number of esters is 1. The van der Waals surface area contributed by atoms with Crippen molar-refractivity contribution in [3.63, 3.8) is 0 Å². The molecule has 0 saturated carbocycles. The molecular weight excluding hydrogens is 360 g/mol. The molecule has 7 heteroatoms. The van der Waals surface area contributed by atoms with Crippen molar-refractivity contribution in [2.75, 3.05) is 19.7 Å². The van der Waals surface area contributed by atoms with Crippen LogP contribution >= 0.6 is 0 Å². The molecule has 2 amide bonds. The average Bonchev–Trinajstić information content (AvgIpc) is 2.62. The van der Waals surface area contributed by atoms with Crippen molar-refractivity contribution in [2.24, 2.45) is 5.92 Å². The third-order valence-electron chi connectivity index (χ3n) is 4.39. The Bertz CT molecular complexity index is 702. The Kier molecular flexibility index (Phi) is 7.84. The van der Waals surface area contributed by atoms with E-state index < -0.39 is 12.0 Å². The minimum atomic E-state index is -0.892. The number of nitrogens with one attached hydrogen (secondary N) is 1. The van der Waals surface area contributed by atoms with Crippen molar-refractivity contribution < 1.29 is 23.9 Å². The molecule has 1 saturated heterocycles. The van der Waals surface area contributed by atoms with Gasteiger partial charge >= 0.3 is 5.97 Å². The molecular formula is C21H30N2O5. The molecule has 1 fully saturated rings. The van der Waals surface area contributed by atoms with Crippen LogP contribution in [-0.2, 0) is 14.3 Å². The summed E-state index contributed by atoms with van der Waals surface area (Å²) in [5.74, 6) is -0.195. The molecule has 154 valence electrons. The van der Waals surface area contributed by atoms with Crippen molar-refractivity contribution in [2.45, 2.75) is 52.7 Å². The number of hydrogen-bond donors (Lipinski definition) is 1. The quantitative estimate of drug-likeness (QED) is 0.689. The highest BCUT2D eigenvalue weighted by atomic mass is 16.5. The number of hydrogen-bond acceptors (Lipinski definition) is 5. The summed E-state index contributed by atoms with van der Waals surface area (Å²) in [5, 5.41) is 2.72. The van der Waals surface area contributed by atoms with E-state index in [2.05, 4.69) is 19.2 Å². The summed E-state index contributed by atoms with van der Waals surface area (Å²) >= 11 is 0. The molecule has 1 aliphatic rings. The van der Waals surface area contributed by atoms with E-state index in [1.807, 2.05) is 6.07 Å². The molecule has 1 heterocycles. The predicted molar refractivity (Wildman–Crippen MR) is 105 cm³/mol. The van der Waals surface area contributed by atoms with E-state index >= 15 is 0 Å². The molecule has 0 bridgehead atoms. The standard InChI is InChI=1S/C21H30N2O5/c1-14(2)9-12-27-18-8-6-5-7-16(18)21(26)23-11-10-22-20(25)17(23)13-19(24)28-15(3)4/h5-8,14-15,17H,9-13H2,1-4H3,(H,22,25)/t17-/m0/s1. The van der Waals surface area contributed by atoms with Gasteiger partial charge in [0, 0.05) is 13.1 Å². The van der Waals surface area contributed by atoms with E-state index in [-0.39, 0.29) is 24.3 Å². The number of amides is 2. The third kappa shape index (κ3) is 5.97. The Balaban J connectivity index is 2.18. The molecule has 1 aromatic rings. The van der Waals surface area contributed by atoms with E-state index in [1.165, 1.54) is 4.90 Å². The number of carbonyl (C=O) groups is 3. The Morgan fingerprint density at radius 2 is 1.93 bits per heavy atom. The Hall–Kier alpha value is -2.57. The number of benzene rings is 1. The van der Waals surface area contributed by atoms with Gasteiger partial charge in [-0.1, -0.05) is 26.0 Å².